The molecule has 6 heteroatoms. The number of carbonyl (C=O) groups is 1. The summed E-state index contributed by atoms with van der Waals surface area (Å²) in [5.41, 5.74) is 4.58. The number of benzene rings is 4. The van der Waals surface area contributed by atoms with Crippen LogP contribution in [0.3, 0.4) is 0 Å². The summed E-state index contributed by atoms with van der Waals surface area (Å²) in [7, 11) is 0. The van der Waals surface area contributed by atoms with Crippen LogP contribution in [0.15, 0.2) is 128 Å². The standard InChI is InChI=1S/C33H29ClN4O/c34-28-17-10-18-29(21-28)38-20-19-37(23-31(38)39)32(30-22-35-24-36-30)33(25-11-4-1-5-12-25,26-13-6-2-7-14-26)27-15-8-3-9-16-27/h1-18,21-22,24,32H,19-20,23H2,(H,35,36). The summed E-state index contributed by atoms with van der Waals surface area (Å²) in [5.74, 6) is 0.0381. The second-order valence-corrected chi connectivity index (χ2v) is 10.2. The van der Waals surface area contributed by atoms with Crippen molar-refractivity contribution in [2.75, 3.05) is 24.5 Å². The monoisotopic (exact) mass is 532 g/mol. The van der Waals surface area contributed by atoms with Crippen LogP contribution in [0.2, 0.25) is 5.02 Å². The van der Waals surface area contributed by atoms with E-state index in [0.717, 1.165) is 28.1 Å². The molecule has 1 aromatic heterocycles. The van der Waals surface area contributed by atoms with Crippen LogP contribution in [0.5, 0.6) is 0 Å². The van der Waals surface area contributed by atoms with Gasteiger partial charge >= 0.3 is 0 Å². The Labute approximate surface area is 233 Å². The molecule has 1 N–H and O–H groups in total. The lowest BCUT2D eigenvalue weighted by molar-refractivity contribution is -0.122. The first-order chi connectivity index (χ1) is 19.2. The Hall–Kier alpha value is -4.19. The van der Waals surface area contributed by atoms with Gasteiger partial charge in [-0.25, -0.2) is 4.98 Å². The maximum atomic E-state index is 13.7. The Morgan fingerprint density at radius 3 is 1.85 bits per heavy atom. The number of aromatic amines is 1. The average Bonchev–Trinajstić information content (AvgIpc) is 3.51. The van der Waals surface area contributed by atoms with Gasteiger partial charge in [0.15, 0.2) is 0 Å². The van der Waals surface area contributed by atoms with Crippen molar-refractivity contribution in [1.82, 2.24) is 14.9 Å². The highest BCUT2D eigenvalue weighted by atomic mass is 35.5. The molecule has 194 valence electrons. The van der Waals surface area contributed by atoms with Crippen molar-refractivity contribution in [3.63, 3.8) is 0 Å². The van der Waals surface area contributed by atoms with Crippen molar-refractivity contribution >= 4 is 23.2 Å². The Kier molecular flexibility index (Phi) is 7.01. The Morgan fingerprint density at radius 1 is 0.769 bits per heavy atom. The van der Waals surface area contributed by atoms with Crippen LogP contribution in [0, 0.1) is 0 Å². The third-order valence-corrected chi connectivity index (χ3v) is 7.88. The normalized spacial score (nSPS) is 15.3. The highest BCUT2D eigenvalue weighted by molar-refractivity contribution is 6.30. The highest BCUT2D eigenvalue weighted by Gasteiger charge is 2.49. The van der Waals surface area contributed by atoms with E-state index in [1.807, 2.05) is 53.6 Å². The zero-order valence-electron chi connectivity index (χ0n) is 21.5. The summed E-state index contributed by atoms with van der Waals surface area (Å²) in [5, 5.41) is 0.620. The molecule has 1 saturated heterocycles. The molecule has 0 spiro atoms. The molecule has 1 fully saturated rings. The number of hydrogen-bond donors (Lipinski definition) is 1. The number of nitrogens with zero attached hydrogens (tertiary/aromatic N) is 3. The minimum absolute atomic E-state index is 0.0381. The van der Waals surface area contributed by atoms with E-state index >= 15 is 0 Å². The molecule has 1 unspecified atom stereocenters. The fourth-order valence-corrected chi connectivity index (χ4v) is 6.21. The number of piperazine rings is 1. The molecule has 2 heterocycles. The van der Waals surface area contributed by atoms with Crippen molar-refractivity contribution in [2.24, 2.45) is 0 Å². The smallest absolute Gasteiger partial charge is 0.241 e. The van der Waals surface area contributed by atoms with E-state index in [1.54, 1.807) is 6.33 Å². The van der Waals surface area contributed by atoms with E-state index in [1.165, 1.54) is 0 Å². The van der Waals surface area contributed by atoms with E-state index in [2.05, 4.69) is 87.7 Å². The van der Waals surface area contributed by atoms with Gasteiger partial charge in [0.05, 0.1) is 30.0 Å². The van der Waals surface area contributed by atoms with Crippen molar-refractivity contribution in [3.05, 3.63) is 155 Å². The zero-order chi connectivity index (χ0) is 26.7. The summed E-state index contributed by atoms with van der Waals surface area (Å²) in [4.78, 5) is 25.7. The second-order valence-electron chi connectivity index (χ2n) is 9.81. The van der Waals surface area contributed by atoms with Crippen molar-refractivity contribution < 1.29 is 4.79 Å². The van der Waals surface area contributed by atoms with E-state index in [4.69, 9.17) is 11.6 Å². The van der Waals surface area contributed by atoms with Gasteiger partial charge in [0, 0.05) is 30.0 Å². The number of amides is 1. The number of halogens is 1. The van der Waals surface area contributed by atoms with Crippen LogP contribution in [0.4, 0.5) is 5.69 Å². The van der Waals surface area contributed by atoms with Gasteiger partial charge in [-0.3, -0.25) is 9.69 Å². The minimum atomic E-state index is -0.630. The molecular weight excluding hydrogens is 504 g/mol. The number of nitrogens with one attached hydrogen (secondary N) is 1. The second kappa shape index (κ2) is 10.9. The van der Waals surface area contributed by atoms with Gasteiger partial charge in [0.1, 0.15) is 0 Å². The number of H-pyrrole nitrogens is 1. The number of aromatic nitrogens is 2. The van der Waals surface area contributed by atoms with Gasteiger partial charge < -0.3 is 9.88 Å². The Morgan fingerprint density at radius 2 is 1.36 bits per heavy atom. The van der Waals surface area contributed by atoms with Crippen LogP contribution in [0.25, 0.3) is 0 Å². The van der Waals surface area contributed by atoms with Crippen molar-refractivity contribution in [2.45, 2.75) is 11.5 Å². The predicted molar refractivity (Wildman–Crippen MR) is 156 cm³/mol. The van der Waals surface area contributed by atoms with Crippen LogP contribution in [0.1, 0.15) is 28.4 Å². The Bertz CT molecular complexity index is 1430. The summed E-state index contributed by atoms with van der Waals surface area (Å²) < 4.78 is 0. The number of imidazole rings is 1. The number of hydrogen-bond acceptors (Lipinski definition) is 3. The number of carbonyl (C=O) groups excluding carboxylic acids is 1. The minimum Gasteiger partial charge on any atom is -0.347 e. The third kappa shape index (κ3) is 4.65. The van der Waals surface area contributed by atoms with Gasteiger partial charge in [0.25, 0.3) is 0 Å². The highest BCUT2D eigenvalue weighted by Crippen LogP contribution is 2.51. The summed E-state index contributed by atoms with van der Waals surface area (Å²) in [6.45, 7) is 1.49. The first-order valence-electron chi connectivity index (χ1n) is 13.1. The fraction of sp³-hybridized carbons (Fsp3) is 0.152. The maximum absolute atomic E-state index is 13.7. The van der Waals surface area contributed by atoms with Crippen LogP contribution < -0.4 is 4.90 Å². The van der Waals surface area contributed by atoms with Gasteiger partial charge in [-0.05, 0) is 34.9 Å². The molecular formula is C33H29ClN4O. The molecule has 1 aliphatic heterocycles. The van der Waals surface area contributed by atoms with E-state index in [-0.39, 0.29) is 18.5 Å². The molecule has 6 rings (SSSR count). The molecule has 0 radical (unpaired) electrons. The first-order valence-corrected chi connectivity index (χ1v) is 13.5. The van der Waals surface area contributed by atoms with Crippen molar-refractivity contribution in [3.8, 4) is 0 Å². The first kappa shape index (κ1) is 25.1. The van der Waals surface area contributed by atoms with Gasteiger partial charge in [0.2, 0.25) is 5.91 Å². The van der Waals surface area contributed by atoms with Gasteiger partial charge in [-0.15, -0.1) is 0 Å². The molecule has 39 heavy (non-hydrogen) atoms. The van der Waals surface area contributed by atoms with E-state index in [9.17, 15) is 4.79 Å². The summed E-state index contributed by atoms with van der Waals surface area (Å²) in [6.07, 6.45) is 3.61. The van der Waals surface area contributed by atoms with Crippen LogP contribution in [-0.2, 0) is 10.2 Å². The molecule has 5 nitrogen and oxygen atoms in total. The molecule has 0 saturated carbocycles. The van der Waals surface area contributed by atoms with E-state index < -0.39 is 5.41 Å². The molecule has 0 bridgehead atoms. The predicted octanol–water partition coefficient (Wildman–Crippen LogP) is 6.49. The number of anilines is 1. The third-order valence-electron chi connectivity index (χ3n) is 7.65. The lowest BCUT2D eigenvalue weighted by Crippen LogP contribution is -2.56. The molecule has 1 atom stereocenters. The molecule has 0 aliphatic carbocycles. The summed E-state index contributed by atoms with van der Waals surface area (Å²) >= 11 is 6.26. The zero-order valence-corrected chi connectivity index (χ0v) is 22.2. The Balaban J connectivity index is 1.54. The van der Waals surface area contributed by atoms with Crippen LogP contribution >= 0.6 is 11.6 Å². The summed E-state index contributed by atoms with van der Waals surface area (Å²) in [6, 6.07) is 39.0. The van der Waals surface area contributed by atoms with Gasteiger partial charge in [-0.2, -0.15) is 0 Å². The SMILES string of the molecule is O=C1CN(C(c2cnc[nH]2)C(c2ccccc2)(c2ccccc2)c2ccccc2)CCN1c1cccc(Cl)c1. The molecule has 1 aliphatic rings. The average molecular weight is 533 g/mol. The quantitative estimate of drug-likeness (QED) is 0.244. The van der Waals surface area contributed by atoms with Gasteiger partial charge in [-0.1, -0.05) is 109 Å². The molecule has 1 amide bonds. The molecule has 5 aromatic rings. The van der Waals surface area contributed by atoms with Crippen LogP contribution in [-0.4, -0.2) is 40.4 Å². The number of rotatable bonds is 7. The topological polar surface area (TPSA) is 52.2 Å². The fourth-order valence-electron chi connectivity index (χ4n) is 6.03. The maximum Gasteiger partial charge on any atom is 0.241 e. The lowest BCUT2D eigenvalue weighted by atomic mass is 9.63. The van der Waals surface area contributed by atoms with E-state index in [0.29, 0.717) is 18.1 Å². The molecule has 4 aromatic carbocycles. The van der Waals surface area contributed by atoms with Crippen molar-refractivity contribution in [1.29, 1.82) is 0 Å². The lowest BCUT2D eigenvalue weighted by Gasteiger charge is -2.49. The largest absolute Gasteiger partial charge is 0.347 e.